The van der Waals surface area contributed by atoms with Crippen LogP contribution in [0, 0.1) is 13.8 Å². The molecule has 0 amide bonds. The molecule has 1 aromatic heterocycles. The smallest absolute Gasteiger partial charge is 0.261 e. The second-order valence-corrected chi connectivity index (χ2v) is 6.00. The second-order valence-electron chi connectivity index (χ2n) is 5.56. The number of fused-ring (bicyclic) bond motifs is 1. The Hall–Kier alpha value is -2.46. The van der Waals surface area contributed by atoms with Crippen molar-refractivity contribution in [1.82, 2.24) is 9.55 Å². The van der Waals surface area contributed by atoms with Crippen LogP contribution >= 0.6 is 11.6 Å². The maximum Gasteiger partial charge on any atom is 0.261 e. The van der Waals surface area contributed by atoms with E-state index in [4.69, 9.17) is 11.6 Å². The Kier molecular flexibility index (Phi) is 4.01. The zero-order valence-electron chi connectivity index (χ0n) is 12.8. The number of ketones is 1. The fraction of sp³-hybridized carbons (Fsp3) is 0.167. The van der Waals surface area contributed by atoms with Crippen molar-refractivity contribution in [1.29, 1.82) is 0 Å². The summed E-state index contributed by atoms with van der Waals surface area (Å²) in [7, 11) is 0. The Bertz CT molecular complexity index is 976. The van der Waals surface area contributed by atoms with Crippen molar-refractivity contribution in [3.05, 3.63) is 74.8 Å². The summed E-state index contributed by atoms with van der Waals surface area (Å²) in [5.74, 6) is -0.127. The van der Waals surface area contributed by atoms with Crippen LogP contribution in [0.4, 0.5) is 0 Å². The summed E-state index contributed by atoms with van der Waals surface area (Å²) < 4.78 is 1.32. The number of nitrogens with zero attached hydrogens (tertiary/aromatic N) is 2. The van der Waals surface area contributed by atoms with Gasteiger partial charge in [0, 0.05) is 10.6 Å². The first kappa shape index (κ1) is 15.4. The van der Waals surface area contributed by atoms with Gasteiger partial charge in [-0.05, 0) is 49.2 Å². The van der Waals surface area contributed by atoms with Crippen LogP contribution in [0.15, 0.2) is 47.5 Å². The summed E-state index contributed by atoms with van der Waals surface area (Å²) in [5, 5.41) is 0.877. The van der Waals surface area contributed by atoms with E-state index in [0.717, 1.165) is 11.1 Å². The number of Topliss-reactive ketones (excluding diaryl/α,β-unsaturated/α-hetero) is 1. The van der Waals surface area contributed by atoms with Gasteiger partial charge in [-0.1, -0.05) is 23.7 Å². The van der Waals surface area contributed by atoms with Crippen LogP contribution in [0.1, 0.15) is 21.5 Å². The van der Waals surface area contributed by atoms with Gasteiger partial charge in [-0.2, -0.15) is 0 Å². The molecule has 3 rings (SSSR count). The number of aromatic nitrogens is 2. The minimum Gasteiger partial charge on any atom is -0.292 e. The number of halogens is 1. The number of rotatable bonds is 3. The molecule has 116 valence electrons. The maximum absolute atomic E-state index is 12.5. The Balaban J connectivity index is 1.97. The molecule has 0 aliphatic heterocycles. The lowest BCUT2D eigenvalue weighted by Gasteiger charge is -2.08. The Morgan fingerprint density at radius 2 is 1.91 bits per heavy atom. The molecular weight excluding hydrogens is 312 g/mol. The minimum absolute atomic E-state index is 0.0449. The molecule has 23 heavy (non-hydrogen) atoms. The van der Waals surface area contributed by atoms with E-state index >= 15 is 0 Å². The van der Waals surface area contributed by atoms with Crippen LogP contribution in [0.2, 0.25) is 5.02 Å². The first-order valence-corrected chi connectivity index (χ1v) is 7.58. The number of carbonyl (C=O) groups excluding carboxylic acids is 1. The third-order valence-corrected chi connectivity index (χ3v) is 4.16. The molecule has 1 heterocycles. The van der Waals surface area contributed by atoms with Gasteiger partial charge in [0.1, 0.15) is 0 Å². The van der Waals surface area contributed by atoms with E-state index in [-0.39, 0.29) is 17.9 Å². The zero-order chi connectivity index (χ0) is 16.6. The Labute approximate surface area is 138 Å². The molecule has 0 N–H and O–H groups in total. The molecule has 0 bridgehead atoms. The average molecular weight is 327 g/mol. The SMILES string of the molecule is Cc1ccc(C(=O)Cn2cnc3ccc(Cl)cc3c2=O)cc1C. The van der Waals surface area contributed by atoms with E-state index < -0.39 is 0 Å². The molecule has 0 saturated carbocycles. The molecular formula is C18H15ClN2O2. The first-order chi connectivity index (χ1) is 11.0. The van der Waals surface area contributed by atoms with Gasteiger partial charge in [-0.15, -0.1) is 0 Å². The van der Waals surface area contributed by atoms with Gasteiger partial charge in [0.2, 0.25) is 0 Å². The van der Waals surface area contributed by atoms with Crippen molar-refractivity contribution >= 4 is 28.3 Å². The Morgan fingerprint density at radius 1 is 1.13 bits per heavy atom. The lowest BCUT2D eigenvalue weighted by Crippen LogP contribution is -2.24. The monoisotopic (exact) mass is 326 g/mol. The summed E-state index contributed by atoms with van der Waals surface area (Å²) in [5.41, 5.74) is 3.06. The molecule has 5 heteroatoms. The highest BCUT2D eigenvalue weighted by Crippen LogP contribution is 2.15. The maximum atomic E-state index is 12.5. The number of hydrogen-bond donors (Lipinski definition) is 0. The van der Waals surface area contributed by atoms with Gasteiger partial charge in [-0.3, -0.25) is 14.2 Å². The molecule has 0 atom stereocenters. The van der Waals surface area contributed by atoms with E-state index in [0.29, 0.717) is 21.5 Å². The zero-order valence-corrected chi connectivity index (χ0v) is 13.6. The van der Waals surface area contributed by atoms with Gasteiger partial charge >= 0.3 is 0 Å². The van der Waals surface area contributed by atoms with Crippen molar-refractivity contribution < 1.29 is 4.79 Å². The van der Waals surface area contributed by atoms with E-state index in [9.17, 15) is 9.59 Å². The lowest BCUT2D eigenvalue weighted by molar-refractivity contribution is 0.0970. The Morgan fingerprint density at radius 3 is 2.65 bits per heavy atom. The average Bonchev–Trinajstić information content (AvgIpc) is 2.53. The van der Waals surface area contributed by atoms with Crippen molar-refractivity contribution in [2.45, 2.75) is 20.4 Å². The number of carbonyl (C=O) groups is 1. The van der Waals surface area contributed by atoms with Crippen LogP contribution in [-0.2, 0) is 6.54 Å². The minimum atomic E-state index is -0.269. The molecule has 0 fully saturated rings. The third-order valence-electron chi connectivity index (χ3n) is 3.93. The largest absolute Gasteiger partial charge is 0.292 e. The predicted octanol–water partition coefficient (Wildman–Crippen LogP) is 3.55. The molecule has 2 aromatic carbocycles. The predicted molar refractivity (Wildman–Crippen MR) is 91.3 cm³/mol. The molecule has 0 aliphatic rings. The van der Waals surface area contributed by atoms with Crippen LogP contribution in [0.25, 0.3) is 10.9 Å². The highest BCUT2D eigenvalue weighted by Gasteiger charge is 2.11. The molecule has 0 radical (unpaired) electrons. The van der Waals surface area contributed by atoms with Gasteiger partial charge < -0.3 is 0 Å². The highest BCUT2D eigenvalue weighted by atomic mass is 35.5. The van der Waals surface area contributed by atoms with Crippen molar-refractivity contribution in [3.63, 3.8) is 0 Å². The fourth-order valence-corrected chi connectivity index (χ4v) is 2.58. The van der Waals surface area contributed by atoms with Crippen LogP contribution in [0.5, 0.6) is 0 Å². The fourth-order valence-electron chi connectivity index (χ4n) is 2.40. The normalized spacial score (nSPS) is 10.9. The van der Waals surface area contributed by atoms with E-state index in [2.05, 4.69) is 4.98 Å². The van der Waals surface area contributed by atoms with E-state index in [1.165, 1.54) is 10.9 Å². The summed E-state index contributed by atoms with van der Waals surface area (Å²) in [4.78, 5) is 29.1. The van der Waals surface area contributed by atoms with Gasteiger partial charge in [0.15, 0.2) is 5.78 Å². The van der Waals surface area contributed by atoms with Crippen LogP contribution in [0.3, 0.4) is 0 Å². The second kappa shape index (κ2) is 5.97. The number of hydrogen-bond acceptors (Lipinski definition) is 3. The summed E-state index contributed by atoms with van der Waals surface area (Å²) >= 11 is 5.93. The number of benzene rings is 2. The number of aryl methyl sites for hydroxylation is 2. The third kappa shape index (κ3) is 3.03. The molecule has 0 unspecified atom stereocenters. The van der Waals surface area contributed by atoms with E-state index in [1.54, 1.807) is 24.3 Å². The summed E-state index contributed by atoms with van der Waals surface area (Å²) in [6.07, 6.45) is 1.40. The van der Waals surface area contributed by atoms with Crippen molar-refractivity contribution in [2.75, 3.05) is 0 Å². The summed E-state index contributed by atoms with van der Waals surface area (Å²) in [6, 6.07) is 10.5. The summed E-state index contributed by atoms with van der Waals surface area (Å²) in [6.45, 7) is 3.90. The lowest BCUT2D eigenvalue weighted by atomic mass is 10.0. The van der Waals surface area contributed by atoms with Gasteiger partial charge in [0.25, 0.3) is 5.56 Å². The standard InChI is InChI=1S/C18H15ClN2O2/c1-11-3-4-13(7-12(11)2)17(22)9-21-10-20-16-6-5-14(19)8-15(16)18(21)23/h3-8,10H,9H2,1-2H3. The van der Waals surface area contributed by atoms with Crippen LogP contribution in [-0.4, -0.2) is 15.3 Å². The van der Waals surface area contributed by atoms with Gasteiger partial charge in [0.05, 0.1) is 23.8 Å². The van der Waals surface area contributed by atoms with Crippen molar-refractivity contribution in [3.8, 4) is 0 Å². The topological polar surface area (TPSA) is 52.0 Å². The van der Waals surface area contributed by atoms with Gasteiger partial charge in [-0.25, -0.2) is 4.98 Å². The van der Waals surface area contributed by atoms with E-state index in [1.807, 2.05) is 26.0 Å². The highest BCUT2D eigenvalue weighted by molar-refractivity contribution is 6.31. The van der Waals surface area contributed by atoms with Crippen molar-refractivity contribution in [2.24, 2.45) is 0 Å². The molecule has 0 saturated heterocycles. The first-order valence-electron chi connectivity index (χ1n) is 7.21. The van der Waals surface area contributed by atoms with Crippen LogP contribution < -0.4 is 5.56 Å². The molecule has 0 spiro atoms. The molecule has 4 nitrogen and oxygen atoms in total. The molecule has 3 aromatic rings. The quantitative estimate of drug-likeness (QED) is 0.692. The molecule has 0 aliphatic carbocycles.